The first kappa shape index (κ1) is 13.8. The highest BCUT2D eigenvalue weighted by molar-refractivity contribution is 5.74. The van der Waals surface area contributed by atoms with E-state index in [1.807, 2.05) is 0 Å². The molecule has 0 aliphatic heterocycles. The number of unbranched alkanes of at least 4 members (excludes halogenated alkanes) is 1. The molecule has 0 aromatic carbocycles. The summed E-state index contributed by atoms with van der Waals surface area (Å²) in [6.07, 6.45) is 5.02. The van der Waals surface area contributed by atoms with E-state index in [1.54, 1.807) is 0 Å². The van der Waals surface area contributed by atoms with E-state index < -0.39 is 5.97 Å². The Morgan fingerprint density at radius 1 is 1.29 bits per heavy atom. The van der Waals surface area contributed by atoms with Crippen molar-refractivity contribution >= 4 is 12.0 Å². The maximum atomic E-state index is 11.4. The second-order valence-electron chi connectivity index (χ2n) is 4.89. The maximum absolute atomic E-state index is 11.4. The lowest BCUT2D eigenvalue weighted by Gasteiger charge is -2.40. The van der Waals surface area contributed by atoms with Gasteiger partial charge in [0, 0.05) is 13.1 Å². The van der Waals surface area contributed by atoms with Crippen molar-refractivity contribution in [3.8, 4) is 0 Å². The predicted molar refractivity (Wildman–Crippen MR) is 64.8 cm³/mol. The van der Waals surface area contributed by atoms with Gasteiger partial charge < -0.3 is 15.7 Å². The van der Waals surface area contributed by atoms with E-state index in [4.69, 9.17) is 5.11 Å². The first-order valence-electron chi connectivity index (χ1n) is 6.31. The Bertz CT molecular complexity index is 275. The molecule has 1 fully saturated rings. The summed E-state index contributed by atoms with van der Waals surface area (Å²) in [5, 5.41) is 14.4. The zero-order chi connectivity index (χ0) is 12.7. The quantitative estimate of drug-likeness (QED) is 0.595. The van der Waals surface area contributed by atoms with E-state index in [9.17, 15) is 9.59 Å². The topological polar surface area (TPSA) is 78.4 Å². The molecular weight excluding hydrogens is 220 g/mol. The molecule has 1 rings (SSSR count). The van der Waals surface area contributed by atoms with E-state index in [0.717, 1.165) is 32.1 Å². The summed E-state index contributed by atoms with van der Waals surface area (Å²) in [5.41, 5.74) is -0.200. The first-order chi connectivity index (χ1) is 8.08. The van der Waals surface area contributed by atoms with Crippen molar-refractivity contribution in [2.75, 3.05) is 13.1 Å². The van der Waals surface area contributed by atoms with Crippen LogP contribution in [-0.2, 0) is 4.79 Å². The van der Waals surface area contributed by atoms with Crippen LogP contribution in [0.15, 0.2) is 0 Å². The molecular formula is C12H22N2O3. The molecule has 0 heterocycles. The van der Waals surface area contributed by atoms with E-state index in [-0.39, 0.29) is 17.9 Å². The van der Waals surface area contributed by atoms with Gasteiger partial charge in [-0.05, 0) is 24.7 Å². The second-order valence-corrected chi connectivity index (χ2v) is 4.89. The Balaban J connectivity index is 2.23. The van der Waals surface area contributed by atoms with Gasteiger partial charge in [0.1, 0.15) is 0 Å². The molecule has 1 saturated carbocycles. The van der Waals surface area contributed by atoms with Crippen LogP contribution < -0.4 is 10.6 Å². The standard InChI is InChI=1S/C12H22N2O3/c1-2-3-7-13-11(17)14-9-12(5-4-6-12)8-10(15)16/h2-9H2,1H3,(H,15,16)(H2,13,14,17). The molecule has 0 radical (unpaired) electrons. The van der Waals surface area contributed by atoms with Gasteiger partial charge in [-0.3, -0.25) is 4.79 Å². The number of amides is 2. The van der Waals surface area contributed by atoms with E-state index in [0.29, 0.717) is 13.1 Å². The Morgan fingerprint density at radius 2 is 2.00 bits per heavy atom. The molecule has 0 unspecified atom stereocenters. The fraction of sp³-hybridized carbons (Fsp3) is 0.833. The Kier molecular flexibility index (Phi) is 5.25. The smallest absolute Gasteiger partial charge is 0.314 e. The molecule has 3 N–H and O–H groups in total. The van der Waals surface area contributed by atoms with Crippen LogP contribution in [0, 0.1) is 5.41 Å². The Hall–Kier alpha value is -1.26. The first-order valence-corrected chi connectivity index (χ1v) is 6.31. The van der Waals surface area contributed by atoms with Crippen LogP contribution in [0.1, 0.15) is 45.4 Å². The van der Waals surface area contributed by atoms with Gasteiger partial charge in [0.15, 0.2) is 0 Å². The summed E-state index contributed by atoms with van der Waals surface area (Å²) in [4.78, 5) is 22.2. The largest absolute Gasteiger partial charge is 0.481 e. The van der Waals surface area contributed by atoms with Gasteiger partial charge in [0.2, 0.25) is 0 Å². The van der Waals surface area contributed by atoms with E-state index in [1.165, 1.54) is 0 Å². The number of rotatable bonds is 7. The molecule has 0 atom stereocenters. The van der Waals surface area contributed by atoms with Gasteiger partial charge in [0.05, 0.1) is 6.42 Å². The maximum Gasteiger partial charge on any atom is 0.314 e. The van der Waals surface area contributed by atoms with Crippen molar-refractivity contribution in [2.24, 2.45) is 5.41 Å². The Labute approximate surface area is 102 Å². The molecule has 1 aliphatic rings. The van der Waals surface area contributed by atoms with Crippen LogP contribution in [0.3, 0.4) is 0 Å². The zero-order valence-corrected chi connectivity index (χ0v) is 10.4. The lowest BCUT2D eigenvalue weighted by Crippen LogP contribution is -2.46. The average Bonchev–Trinajstić information content (AvgIpc) is 2.22. The van der Waals surface area contributed by atoms with Crippen molar-refractivity contribution in [1.82, 2.24) is 10.6 Å². The third kappa shape index (κ3) is 4.63. The minimum Gasteiger partial charge on any atom is -0.481 e. The highest BCUT2D eigenvalue weighted by atomic mass is 16.4. The minimum atomic E-state index is -0.780. The molecule has 0 bridgehead atoms. The molecule has 0 spiro atoms. The van der Waals surface area contributed by atoms with Crippen molar-refractivity contribution in [2.45, 2.75) is 45.4 Å². The van der Waals surface area contributed by atoms with Crippen LogP contribution in [0.4, 0.5) is 4.79 Å². The third-order valence-corrected chi connectivity index (χ3v) is 3.38. The fourth-order valence-corrected chi connectivity index (χ4v) is 2.12. The summed E-state index contributed by atoms with van der Waals surface area (Å²) >= 11 is 0. The van der Waals surface area contributed by atoms with Gasteiger partial charge in [0.25, 0.3) is 0 Å². The highest BCUT2D eigenvalue weighted by Gasteiger charge is 2.39. The number of urea groups is 1. The number of hydrogen-bond acceptors (Lipinski definition) is 2. The van der Waals surface area contributed by atoms with Gasteiger partial charge >= 0.3 is 12.0 Å². The summed E-state index contributed by atoms with van der Waals surface area (Å²) in [6, 6.07) is -0.185. The highest BCUT2D eigenvalue weighted by Crippen LogP contribution is 2.43. The van der Waals surface area contributed by atoms with Crippen molar-refractivity contribution in [1.29, 1.82) is 0 Å². The second kappa shape index (κ2) is 6.47. The molecule has 0 aromatic rings. The Morgan fingerprint density at radius 3 is 2.47 bits per heavy atom. The number of carboxylic acid groups (broad SMARTS) is 1. The molecule has 2 amide bonds. The van der Waals surface area contributed by atoms with Gasteiger partial charge in [-0.25, -0.2) is 4.79 Å². The van der Waals surface area contributed by atoms with Crippen LogP contribution in [0.2, 0.25) is 0 Å². The van der Waals surface area contributed by atoms with Crippen molar-refractivity contribution < 1.29 is 14.7 Å². The van der Waals surface area contributed by atoms with Gasteiger partial charge in [-0.15, -0.1) is 0 Å². The van der Waals surface area contributed by atoms with Crippen molar-refractivity contribution in [3.63, 3.8) is 0 Å². The van der Waals surface area contributed by atoms with Gasteiger partial charge in [-0.1, -0.05) is 19.8 Å². The van der Waals surface area contributed by atoms with E-state index >= 15 is 0 Å². The molecule has 98 valence electrons. The van der Waals surface area contributed by atoms with Crippen LogP contribution in [0.25, 0.3) is 0 Å². The van der Waals surface area contributed by atoms with E-state index in [2.05, 4.69) is 17.6 Å². The number of carbonyl (C=O) groups excluding carboxylic acids is 1. The summed E-state index contributed by atoms with van der Waals surface area (Å²) in [5.74, 6) is -0.780. The number of aliphatic carboxylic acids is 1. The normalized spacial score (nSPS) is 17.0. The SMILES string of the molecule is CCCCNC(=O)NCC1(CC(=O)O)CCC1. The molecule has 5 heteroatoms. The number of nitrogens with one attached hydrogen (secondary N) is 2. The number of hydrogen-bond donors (Lipinski definition) is 3. The summed E-state index contributed by atoms with van der Waals surface area (Å²) < 4.78 is 0. The molecule has 0 aromatic heterocycles. The molecule has 1 aliphatic carbocycles. The van der Waals surface area contributed by atoms with Crippen LogP contribution >= 0.6 is 0 Å². The van der Waals surface area contributed by atoms with Crippen molar-refractivity contribution in [3.05, 3.63) is 0 Å². The zero-order valence-electron chi connectivity index (χ0n) is 10.4. The minimum absolute atomic E-state index is 0.155. The van der Waals surface area contributed by atoms with Gasteiger partial charge in [-0.2, -0.15) is 0 Å². The third-order valence-electron chi connectivity index (χ3n) is 3.38. The lowest BCUT2D eigenvalue weighted by atomic mass is 9.66. The lowest BCUT2D eigenvalue weighted by molar-refractivity contribution is -0.141. The number of carboxylic acids is 1. The predicted octanol–water partition coefficient (Wildman–Crippen LogP) is 1.73. The molecule has 17 heavy (non-hydrogen) atoms. The number of carbonyl (C=O) groups is 2. The monoisotopic (exact) mass is 242 g/mol. The molecule has 0 saturated heterocycles. The summed E-state index contributed by atoms with van der Waals surface area (Å²) in [6.45, 7) is 3.21. The van der Waals surface area contributed by atoms with Crippen LogP contribution in [0.5, 0.6) is 0 Å². The van der Waals surface area contributed by atoms with Crippen LogP contribution in [-0.4, -0.2) is 30.2 Å². The average molecular weight is 242 g/mol. The molecule has 5 nitrogen and oxygen atoms in total. The fourth-order valence-electron chi connectivity index (χ4n) is 2.12. The summed E-state index contributed by atoms with van der Waals surface area (Å²) in [7, 11) is 0.